The van der Waals surface area contributed by atoms with Gasteiger partial charge >= 0.3 is 12.2 Å². The Hall–Kier alpha value is -4.07. The summed E-state index contributed by atoms with van der Waals surface area (Å²) < 4.78 is 10.3. The minimum Gasteiger partial charge on any atom is -0.444 e. The summed E-state index contributed by atoms with van der Waals surface area (Å²) in [6.45, 7) is 10.6. The van der Waals surface area contributed by atoms with Gasteiger partial charge in [0.15, 0.2) is 5.15 Å². The van der Waals surface area contributed by atoms with Gasteiger partial charge in [0.1, 0.15) is 41.6 Å². The summed E-state index contributed by atoms with van der Waals surface area (Å²) in [4.78, 5) is 63.6. The summed E-state index contributed by atoms with van der Waals surface area (Å²) in [6.07, 6.45) is 5.05. The molecule has 2 aromatic rings. The number of aromatic nitrogens is 4. The standard InChI is InChI=1S/C13H17ClN4O3.C13H18N4O3.H2/c1-13(2,3)21-12(20)17-8-5-4-7-9(18-11(8)19)10(14)16-6-15-7;1-13(2,3)20-12(19)17-9-5-4-8-10(16-11(9)18)6-14-7-15-8;/h6,8H,4-5H2,1-3H3,(H,17,20)(H,18,19);6-7,9H,4-5H2,1-3H3,(H,16,18)(H,17,19);1H/t8-;9-;/m00./s1. The normalized spacial score (nSPS) is 18.4. The molecule has 2 aliphatic heterocycles. The van der Waals surface area contributed by atoms with E-state index in [0.29, 0.717) is 42.8 Å². The largest absolute Gasteiger partial charge is 0.444 e. The second-order valence-electron chi connectivity index (χ2n) is 11.3. The lowest BCUT2D eigenvalue weighted by Gasteiger charge is -2.22. The van der Waals surface area contributed by atoms with Gasteiger partial charge in [-0.2, -0.15) is 0 Å². The number of anilines is 2. The molecule has 41 heavy (non-hydrogen) atoms. The number of carbonyl (C=O) groups is 4. The topological polar surface area (TPSA) is 186 Å². The highest BCUT2D eigenvalue weighted by Crippen LogP contribution is 2.26. The van der Waals surface area contributed by atoms with E-state index in [1.165, 1.54) is 12.7 Å². The van der Waals surface area contributed by atoms with Gasteiger partial charge in [-0.05, 0) is 67.2 Å². The third-order valence-electron chi connectivity index (χ3n) is 5.53. The Balaban J connectivity index is 0.000000287. The minimum absolute atomic E-state index is 0. The number of aryl methyl sites for hydroxylation is 2. The van der Waals surface area contributed by atoms with Crippen LogP contribution in [0.25, 0.3) is 0 Å². The Kier molecular flexibility index (Phi) is 10.0. The number of nitrogens with one attached hydrogen (secondary N) is 4. The van der Waals surface area contributed by atoms with Crippen molar-refractivity contribution in [1.29, 1.82) is 0 Å². The van der Waals surface area contributed by atoms with Crippen molar-refractivity contribution < 1.29 is 30.1 Å². The lowest BCUT2D eigenvalue weighted by atomic mass is 10.1. The smallest absolute Gasteiger partial charge is 0.408 e. The molecule has 14 nitrogen and oxygen atoms in total. The van der Waals surface area contributed by atoms with Crippen LogP contribution in [0.2, 0.25) is 5.15 Å². The van der Waals surface area contributed by atoms with Crippen LogP contribution in [0.15, 0.2) is 18.9 Å². The molecule has 0 saturated heterocycles. The lowest BCUT2D eigenvalue weighted by molar-refractivity contribution is -0.118. The number of hydrogen-bond donors (Lipinski definition) is 4. The van der Waals surface area contributed by atoms with Crippen LogP contribution in [0.5, 0.6) is 0 Å². The maximum atomic E-state index is 12.1. The van der Waals surface area contributed by atoms with E-state index in [-0.39, 0.29) is 18.4 Å². The number of rotatable bonds is 2. The SMILES string of the molecule is CC(C)(C)OC(=O)N[C@H]1CCc2ncnc(Cl)c2NC1=O.CC(C)(C)OC(=O)N[C@H]1CCc2ncncc2NC1=O.[HH]. The molecule has 15 heteroatoms. The van der Waals surface area contributed by atoms with Crippen LogP contribution in [0.3, 0.4) is 0 Å². The Morgan fingerprint density at radius 3 is 1.93 bits per heavy atom. The average Bonchev–Trinajstić information content (AvgIpc) is 3.10. The first-order valence-electron chi connectivity index (χ1n) is 13.0. The summed E-state index contributed by atoms with van der Waals surface area (Å²) in [5.41, 5.74) is 1.19. The highest BCUT2D eigenvalue weighted by Gasteiger charge is 2.29. The summed E-state index contributed by atoms with van der Waals surface area (Å²) in [7, 11) is 0. The van der Waals surface area contributed by atoms with E-state index in [0.717, 1.165) is 5.69 Å². The first-order valence-corrected chi connectivity index (χ1v) is 13.4. The van der Waals surface area contributed by atoms with Gasteiger partial charge in [0, 0.05) is 1.43 Å². The molecule has 0 aliphatic carbocycles. The van der Waals surface area contributed by atoms with Gasteiger partial charge < -0.3 is 30.7 Å². The van der Waals surface area contributed by atoms with E-state index >= 15 is 0 Å². The average molecular weight is 593 g/mol. The molecule has 2 aliphatic rings. The van der Waals surface area contributed by atoms with Crippen molar-refractivity contribution in [3.05, 3.63) is 35.4 Å². The van der Waals surface area contributed by atoms with Crippen molar-refractivity contribution in [3.63, 3.8) is 0 Å². The van der Waals surface area contributed by atoms with Crippen molar-refractivity contribution >= 4 is 47.0 Å². The summed E-state index contributed by atoms with van der Waals surface area (Å²) in [5, 5.41) is 10.7. The molecule has 0 bridgehead atoms. The Labute approximate surface area is 244 Å². The van der Waals surface area contributed by atoms with Gasteiger partial charge in [-0.25, -0.2) is 29.5 Å². The highest BCUT2D eigenvalue weighted by atomic mass is 35.5. The van der Waals surface area contributed by atoms with Crippen LogP contribution in [0, 0.1) is 0 Å². The van der Waals surface area contributed by atoms with Gasteiger partial charge in [-0.3, -0.25) is 9.59 Å². The van der Waals surface area contributed by atoms with Crippen molar-refractivity contribution in [2.75, 3.05) is 10.6 Å². The minimum atomic E-state index is -0.704. The molecule has 4 amide bonds. The molecular formula is C26H37ClN8O6. The van der Waals surface area contributed by atoms with Crippen molar-refractivity contribution in [2.45, 2.75) is 90.5 Å². The van der Waals surface area contributed by atoms with Gasteiger partial charge in [0.05, 0.1) is 23.3 Å². The quantitative estimate of drug-likeness (QED) is 0.376. The molecular weight excluding hydrogens is 556 g/mol. The van der Waals surface area contributed by atoms with E-state index in [1.54, 1.807) is 47.7 Å². The molecule has 2 aromatic heterocycles. The molecule has 4 heterocycles. The fourth-order valence-corrected chi connectivity index (χ4v) is 4.00. The number of amides is 4. The second kappa shape index (κ2) is 13.1. The molecule has 0 aromatic carbocycles. The molecule has 0 spiro atoms. The Morgan fingerprint density at radius 1 is 0.854 bits per heavy atom. The molecule has 0 saturated carbocycles. The fourth-order valence-electron chi connectivity index (χ4n) is 3.80. The van der Waals surface area contributed by atoms with Crippen LogP contribution < -0.4 is 21.3 Å². The summed E-state index contributed by atoms with van der Waals surface area (Å²) in [5.74, 6) is -0.652. The maximum absolute atomic E-state index is 12.1. The number of halogens is 1. The van der Waals surface area contributed by atoms with Gasteiger partial charge in [-0.15, -0.1) is 0 Å². The van der Waals surface area contributed by atoms with Crippen molar-refractivity contribution in [1.82, 2.24) is 30.6 Å². The molecule has 4 rings (SSSR count). The summed E-state index contributed by atoms with van der Waals surface area (Å²) in [6, 6.07) is -1.34. The molecule has 0 radical (unpaired) electrons. The number of hydrogen-bond acceptors (Lipinski definition) is 10. The third-order valence-corrected chi connectivity index (χ3v) is 5.82. The van der Waals surface area contributed by atoms with Crippen LogP contribution in [-0.4, -0.2) is 67.2 Å². The summed E-state index contributed by atoms with van der Waals surface area (Å²) >= 11 is 5.94. The van der Waals surface area contributed by atoms with E-state index < -0.39 is 35.5 Å². The Bertz CT molecular complexity index is 1300. The second-order valence-corrected chi connectivity index (χ2v) is 11.7. The van der Waals surface area contributed by atoms with Gasteiger partial charge in [0.2, 0.25) is 11.8 Å². The van der Waals surface area contributed by atoms with Crippen LogP contribution in [0.1, 0.15) is 67.2 Å². The molecule has 4 N–H and O–H groups in total. The zero-order chi connectivity index (χ0) is 30.4. The highest BCUT2D eigenvalue weighted by molar-refractivity contribution is 6.32. The first-order chi connectivity index (χ1) is 19.1. The van der Waals surface area contributed by atoms with E-state index in [2.05, 4.69) is 41.2 Å². The molecule has 224 valence electrons. The van der Waals surface area contributed by atoms with E-state index in [1.807, 2.05) is 0 Å². The van der Waals surface area contributed by atoms with E-state index in [9.17, 15) is 19.2 Å². The predicted octanol–water partition coefficient (Wildman–Crippen LogP) is 3.41. The van der Waals surface area contributed by atoms with Crippen molar-refractivity contribution in [3.8, 4) is 0 Å². The maximum Gasteiger partial charge on any atom is 0.408 e. The molecule has 0 unspecified atom stereocenters. The lowest BCUT2D eigenvalue weighted by Crippen LogP contribution is -2.45. The van der Waals surface area contributed by atoms with Crippen LogP contribution in [-0.2, 0) is 31.9 Å². The zero-order valence-corrected chi connectivity index (χ0v) is 24.6. The van der Waals surface area contributed by atoms with Crippen LogP contribution in [0.4, 0.5) is 21.0 Å². The monoisotopic (exact) mass is 592 g/mol. The number of nitrogens with zero attached hydrogens (tertiary/aromatic N) is 4. The van der Waals surface area contributed by atoms with Crippen LogP contribution >= 0.6 is 11.6 Å². The van der Waals surface area contributed by atoms with Gasteiger partial charge in [-0.1, -0.05) is 11.6 Å². The number of carbonyl (C=O) groups excluding carboxylic acids is 4. The predicted molar refractivity (Wildman–Crippen MR) is 151 cm³/mol. The zero-order valence-electron chi connectivity index (χ0n) is 23.8. The number of fused-ring (bicyclic) bond motifs is 2. The van der Waals surface area contributed by atoms with E-state index in [4.69, 9.17) is 21.1 Å². The van der Waals surface area contributed by atoms with Gasteiger partial charge in [0.25, 0.3) is 0 Å². The number of alkyl carbamates (subject to hydrolysis) is 2. The Morgan fingerprint density at radius 2 is 1.37 bits per heavy atom. The molecule has 2 atom stereocenters. The van der Waals surface area contributed by atoms with Crippen molar-refractivity contribution in [2.24, 2.45) is 0 Å². The molecule has 0 fully saturated rings. The first kappa shape index (κ1) is 31.5. The fraction of sp³-hybridized carbons (Fsp3) is 0.538. The third kappa shape index (κ3) is 9.81. The number of ether oxygens (including phenoxy) is 2.